The Morgan fingerprint density at radius 1 is 1.35 bits per heavy atom. The molecule has 5 heteroatoms. The van der Waals surface area contributed by atoms with Crippen LogP contribution in [0.5, 0.6) is 0 Å². The summed E-state index contributed by atoms with van der Waals surface area (Å²) in [5, 5.41) is 7.70. The lowest BCUT2D eigenvalue weighted by Gasteiger charge is -2.16. The van der Waals surface area contributed by atoms with Gasteiger partial charge in [-0.05, 0) is 36.1 Å². The number of rotatable bonds is 5. The van der Waals surface area contributed by atoms with Gasteiger partial charge in [0.1, 0.15) is 6.54 Å². The van der Waals surface area contributed by atoms with Gasteiger partial charge in [0.05, 0.1) is 0 Å². The number of nitrogens with one attached hydrogen (secondary N) is 1. The monoisotopic (exact) mass is 291 g/mol. The highest BCUT2D eigenvalue weighted by molar-refractivity contribution is 6.32. The zero-order valence-electron chi connectivity index (χ0n) is 11.7. The molecule has 0 atom stereocenters. The number of anilines is 1. The van der Waals surface area contributed by atoms with E-state index in [1.165, 1.54) is 0 Å². The molecular formula is C15H18ClN3O. The van der Waals surface area contributed by atoms with Gasteiger partial charge < -0.3 is 5.32 Å². The van der Waals surface area contributed by atoms with Crippen LogP contribution in [0.3, 0.4) is 0 Å². The van der Waals surface area contributed by atoms with Crippen molar-refractivity contribution in [3.05, 3.63) is 46.7 Å². The van der Waals surface area contributed by atoms with Gasteiger partial charge in [0.25, 0.3) is 0 Å². The first-order valence-electron chi connectivity index (χ1n) is 6.73. The molecule has 1 aromatic carbocycles. The fraction of sp³-hybridized carbons (Fsp3) is 0.333. The standard InChI is InChI=1S/C15H18ClN3O/c1-3-11-6-7-13(16)12(4-2)15(11)18-14(20)10-19-9-5-8-17-19/h5-9H,3-4,10H2,1-2H3,(H,18,20). The minimum Gasteiger partial charge on any atom is -0.324 e. The first kappa shape index (κ1) is 14.6. The van der Waals surface area contributed by atoms with Crippen LogP contribution in [0.15, 0.2) is 30.6 Å². The summed E-state index contributed by atoms with van der Waals surface area (Å²) in [6, 6.07) is 5.65. The van der Waals surface area contributed by atoms with Crippen LogP contribution >= 0.6 is 11.6 Å². The van der Waals surface area contributed by atoms with Crippen molar-refractivity contribution in [2.45, 2.75) is 33.2 Å². The number of aromatic nitrogens is 2. The fourth-order valence-corrected chi connectivity index (χ4v) is 2.48. The number of halogens is 1. The Morgan fingerprint density at radius 3 is 2.75 bits per heavy atom. The fourth-order valence-electron chi connectivity index (χ4n) is 2.19. The van der Waals surface area contributed by atoms with E-state index in [9.17, 15) is 4.79 Å². The number of aryl methyl sites for hydroxylation is 1. The van der Waals surface area contributed by atoms with Gasteiger partial charge >= 0.3 is 0 Å². The van der Waals surface area contributed by atoms with E-state index in [0.29, 0.717) is 5.02 Å². The third-order valence-electron chi connectivity index (χ3n) is 3.21. The second-order valence-electron chi connectivity index (χ2n) is 4.52. The third-order valence-corrected chi connectivity index (χ3v) is 3.56. The topological polar surface area (TPSA) is 46.9 Å². The lowest BCUT2D eigenvalue weighted by Crippen LogP contribution is -2.20. The van der Waals surface area contributed by atoms with Crippen LogP contribution in [0.2, 0.25) is 5.02 Å². The van der Waals surface area contributed by atoms with E-state index in [2.05, 4.69) is 17.3 Å². The predicted octanol–water partition coefficient (Wildman–Crippen LogP) is 3.30. The highest BCUT2D eigenvalue weighted by Gasteiger charge is 2.13. The quantitative estimate of drug-likeness (QED) is 0.919. The summed E-state index contributed by atoms with van der Waals surface area (Å²) in [5.74, 6) is -0.0969. The maximum absolute atomic E-state index is 12.1. The van der Waals surface area contributed by atoms with E-state index in [4.69, 9.17) is 11.6 Å². The number of benzene rings is 1. The van der Waals surface area contributed by atoms with Gasteiger partial charge in [-0.1, -0.05) is 31.5 Å². The molecule has 2 rings (SSSR count). The summed E-state index contributed by atoms with van der Waals surface area (Å²) in [4.78, 5) is 12.1. The van der Waals surface area contributed by atoms with Gasteiger partial charge in [0, 0.05) is 23.1 Å². The molecule has 0 radical (unpaired) electrons. The van der Waals surface area contributed by atoms with Crippen LogP contribution in [0.1, 0.15) is 25.0 Å². The van der Waals surface area contributed by atoms with Crippen molar-refractivity contribution in [2.24, 2.45) is 0 Å². The Labute approximate surface area is 123 Å². The largest absolute Gasteiger partial charge is 0.324 e. The summed E-state index contributed by atoms with van der Waals surface area (Å²) in [7, 11) is 0. The van der Waals surface area contributed by atoms with Gasteiger partial charge in [0.15, 0.2) is 0 Å². The number of hydrogen-bond donors (Lipinski definition) is 1. The smallest absolute Gasteiger partial charge is 0.246 e. The Balaban J connectivity index is 2.23. The highest BCUT2D eigenvalue weighted by atomic mass is 35.5. The molecule has 0 unspecified atom stereocenters. The average Bonchev–Trinajstić information content (AvgIpc) is 2.92. The van der Waals surface area contributed by atoms with Crippen molar-refractivity contribution in [1.82, 2.24) is 9.78 Å². The van der Waals surface area contributed by atoms with Crippen molar-refractivity contribution in [1.29, 1.82) is 0 Å². The van der Waals surface area contributed by atoms with Crippen LogP contribution < -0.4 is 5.32 Å². The summed E-state index contributed by atoms with van der Waals surface area (Å²) in [6.07, 6.45) is 5.05. The third kappa shape index (κ3) is 3.20. The first-order chi connectivity index (χ1) is 9.65. The number of hydrogen-bond acceptors (Lipinski definition) is 2. The summed E-state index contributed by atoms with van der Waals surface area (Å²) in [6.45, 7) is 4.29. The number of nitrogens with zero attached hydrogens (tertiary/aromatic N) is 2. The van der Waals surface area contributed by atoms with Crippen molar-refractivity contribution in [3.8, 4) is 0 Å². The van der Waals surface area contributed by atoms with Crippen molar-refractivity contribution >= 4 is 23.2 Å². The van der Waals surface area contributed by atoms with Gasteiger partial charge in [-0.25, -0.2) is 0 Å². The molecule has 20 heavy (non-hydrogen) atoms. The second kappa shape index (κ2) is 6.57. The van der Waals surface area contributed by atoms with Crippen molar-refractivity contribution in [3.63, 3.8) is 0 Å². The van der Waals surface area contributed by atoms with E-state index in [1.807, 2.05) is 19.1 Å². The maximum Gasteiger partial charge on any atom is 0.246 e. The van der Waals surface area contributed by atoms with Gasteiger partial charge in [-0.3, -0.25) is 9.48 Å². The normalized spacial score (nSPS) is 10.6. The van der Waals surface area contributed by atoms with Crippen LogP contribution in [0, 0.1) is 0 Å². The molecule has 0 aliphatic heterocycles. The molecule has 1 N–H and O–H groups in total. The Hall–Kier alpha value is -1.81. The molecule has 0 saturated heterocycles. The Kier molecular flexibility index (Phi) is 4.79. The molecule has 2 aromatic rings. The van der Waals surface area contributed by atoms with Crippen molar-refractivity contribution in [2.75, 3.05) is 5.32 Å². The number of carbonyl (C=O) groups is 1. The minimum atomic E-state index is -0.0969. The van der Waals surface area contributed by atoms with Crippen LogP contribution in [-0.2, 0) is 24.2 Å². The zero-order chi connectivity index (χ0) is 14.5. The SMILES string of the molecule is CCc1ccc(Cl)c(CC)c1NC(=O)Cn1cccn1. The summed E-state index contributed by atoms with van der Waals surface area (Å²) < 4.78 is 1.59. The van der Waals surface area contributed by atoms with Gasteiger partial charge in [0.2, 0.25) is 5.91 Å². The molecule has 0 bridgehead atoms. The van der Waals surface area contributed by atoms with E-state index in [1.54, 1.807) is 23.1 Å². The number of amides is 1. The van der Waals surface area contributed by atoms with Gasteiger partial charge in [-0.2, -0.15) is 5.10 Å². The lowest BCUT2D eigenvalue weighted by molar-refractivity contribution is -0.116. The molecule has 0 saturated carbocycles. The number of carbonyl (C=O) groups excluding carboxylic acids is 1. The molecule has 1 heterocycles. The molecule has 1 aromatic heterocycles. The summed E-state index contributed by atoms with van der Waals surface area (Å²) >= 11 is 6.22. The zero-order valence-corrected chi connectivity index (χ0v) is 12.4. The Bertz CT molecular complexity index is 593. The van der Waals surface area contributed by atoms with E-state index >= 15 is 0 Å². The lowest BCUT2D eigenvalue weighted by atomic mass is 10.0. The average molecular weight is 292 g/mol. The molecule has 1 amide bonds. The molecule has 0 aliphatic carbocycles. The van der Waals surface area contributed by atoms with Gasteiger partial charge in [-0.15, -0.1) is 0 Å². The molecule has 4 nitrogen and oxygen atoms in total. The van der Waals surface area contributed by atoms with Crippen molar-refractivity contribution < 1.29 is 4.79 Å². The minimum absolute atomic E-state index is 0.0969. The Morgan fingerprint density at radius 2 is 2.15 bits per heavy atom. The first-order valence-corrected chi connectivity index (χ1v) is 7.11. The second-order valence-corrected chi connectivity index (χ2v) is 4.93. The molecule has 0 spiro atoms. The highest BCUT2D eigenvalue weighted by Crippen LogP contribution is 2.29. The van der Waals surface area contributed by atoms with Crippen LogP contribution in [0.4, 0.5) is 5.69 Å². The predicted molar refractivity (Wildman–Crippen MR) is 81.1 cm³/mol. The molecule has 106 valence electrons. The van der Waals surface area contributed by atoms with Crippen LogP contribution in [0.25, 0.3) is 0 Å². The van der Waals surface area contributed by atoms with E-state index in [-0.39, 0.29) is 12.5 Å². The maximum atomic E-state index is 12.1. The van der Waals surface area contributed by atoms with Crippen LogP contribution in [-0.4, -0.2) is 15.7 Å². The van der Waals surface area contributed by atoms with E-state index in [0.717, 1.165) is 29.7 Å². The molecule has 0 aliphatic rings. The molecular weight excluding hydrogens is 274 g/mol. The summed E-state index contributed by atoms with van der Waals surface area (Å²) in [5.41, 5.74) is 2.93. The van der Waals surface area contributed by atoms with E-state index < -0.39 is 0 Å². The molecule has 0 fully saturated rings.